The number of carbonyl (C=O) groups excluding carboxylic acids is 2. The molecule has 0 radical (unpaired) electrons. The molecule has 1 atom stereocenters. The first-order chi connectivity index (χ1) is 13.5. The van der Waals surface area contributed by atoms with Gasteiger partial charge in [-0.15, -0.1) is 0 Å². The van der Waals surface area contributed by atoms with Crippen molar-refractivity contribution in [1.29, 1.82) is 0 Å². The minimum Gasteiger partial charge on any atom is -0.385 e. The summed E-state index contributed by atoms with van der Waals surface area (Å²) < 4.78 is 5.00. The second kappa shape index (κ2) is 11.2. The van der Waals surface area contributed by atoms with E-state index in [-0.39, 0.29) is 17.7 Å². The van der Waals surface area contributed by atoms with E-state index in [1.165, 1.54) is 0 Å². The van der Waals surface area contributed by atoms with Gasteiger partial charge in [-0.25, -0.2) is 0 Å². The van der Waals surface area contributed by atoms with E-state index in [0.717, 1.165) is 17.5 Å². The molecule has 0 aromatic heterocycles. The fourth-order valence-electron chi connectivity index (χ4n) is 3.10. The van der Waals surface area contributed by atoms with E-state index in [0.29, 0.717) is 13.2 Å². The molecule has 0 saturated carbocycles. The van der Waals surface area contributed by atoms with Crippen LogP contribution in [-0.2, 0) is 14.3 Å². The van der Waals surface area contributed by atoms with Crippen LogP contribution in [0.15, 0.2) is 60.7 Å². The van der Waals surface area contributed by atoms with Crippen molar-refractivity contribution in [3.63, 3.8) is 0 Å². The van der Waals surface area contributed by atoms with Gasteiger partial charge >= 0.3 is 0 Å². The lowest BCUT2D eigenvalue weighted by Gasteiger charge is -2.25. The van der Waals surface area contributed by atoms with Gasteiger partial charge < -0.3 is 15.4 Å². The van der Waals surface area contributed by atoms with Crippen molar-refractivity contribution in [1.82, 2.24) is 10.6 Å². The molecule has 0 aliphatic carbocycles. The Morgan fingerprint density at radius 3 is 1.89 bits per heavy atom. The van der Waals surface area contributed by atoms with E-state index in [1.54, 1.807) is 7.11 Å². The van der Waals surface area contributed by atoms with Gasteiger partial charge in [0.05, 0.1) is 5.92 Å². The summed E-state index contributed by atoms with van der Waals surface area (Å²) in [5, 5.41) is 5.86. The SMILES string of the molecule is COCCCNC(=O)[C@@H](NC(=O)C(c1ccccc1)c1ccccc1)C(C)C. The van der Waals surface area contributed by atoms with Crippen LogP contribution in [0.2, 0.25) is 0 Å². The lowest BCUT2D eigenvalue weighted by molar-refractivity contribution is -0.130. The van der Waals surface area contributed by atoms with E-state index in [1.807, 2.05) is 74.5 Å². The monoisotopic (exact) mass is 382 g/mol. The average Bonchev–Trinajstić information content (AvgIpc) is 2.71. The second-order valence-corrected chi connectivity index (χ2v) is 7.12. The highest BCUT2D eigenvalue weighted by Gasteiger charge is 2.29. The Kier molecular flexibility index (Phi) is 8.69. The van der Waals surface area contributed by atoms with Crippen molar-refractivity contribution in [2.45, 2.75) is 32.2 Å². The van der Waals surface area contributed by atoms with Crippen molar-refractivity contribution in [3.05, 3.63) is 71.8 Å². The third-order valence-electron chi connectivity index (χ3n) is 4.60. The molecule has 0 aliphatic rings. The van der Waals surface area contributed by atoms with Gasteiger partial charge in [-0.3, -0.25) is 9.59 Å². The number of rotatable bonds is 10. The van der Waals surface area contributed by atoms with Crippen LogP contribution in [0.4, 0.5) is 0 Å². The van der Waals surface area contributed by atoms with E-state index < -0.39 is 12.0 Å². The number of methoxy groups -OCH3 is 1. The quantitative estimate of drug-likeness (QED) is 0.621. The fourth-order valence-corrected chi connectivity index (χ4v) is 3.10. The van der Waals surface area contributed by atoms with E-state index in [2.05, 4.69) is 10.6 Å². The minimum atomic E-state index is -0.593. The van der Waals surface area contributed by atoms with Crippen LogP contribution in [-0.4, -0.2) is 38.1 Å². The van der Waals surface area contributed by atoms with Gasteiger partial charge in [0.25, 0.3) is 0 Å². The maximum atomic E-state index is 13.2. The Morgan fingerprint density at radius 1 is 0.893 bits per heavy atom. The van der Waals surface area contributed by atoms with Crippen LogP contribution in [0.5, 0.6) is 0 Å². The van der Waals surface area contributed by atoms with Crippen LogP contribution < -0.4 is 10.6 Å². The van der Waals surface area contributed by atoms with Crippen molar-refractivity contribution >= 4 is 11.8 Å². The number of nitrogens with one attached hydrogen (secondary N) is 2. The van der Waals surface area contributed by atoms with Crippen molar-refractivity contribution in [2.75, 3.05) is 20.3 Å². The summed E-state index contributed by atoms with van der Waals surface area (Å²) in [4.78, 5) is 25.8. The van der Waals surface area contributed by atoms with Gasteiger partial charge in [0.15, 0.2) is 0 Å². The molecule has 0 fully saturated rings. The maximum Gasteiger partial charge on any atom is 0.242 e. The molecule has 2 aromatic rings. The third-order valence-corrected chi connectivity index (χ3v) is 4.60. The Morgan fingerprint density at radius 2 is 1.43 bits per heavy atom. The van der Waals surface area contributed by atoms with Crippen molar-refractivity contribution in [3.8, 4) is 0 Å². The summed E-state index contributed by atoms with van der Waals surface area (Å²) in [6.07, 6.45) is 0.734. The molecular formula is C23H30N2O3. The number of amides is 2. The van der Waals surface area contributed by atoms with E-state index >= 15 is 0 Å². The van der Waals surface area contributed by atoms with Gasteiger partial charge in [0, 0.05) is 20.3 Å². The zero-order valence-corrected chi connectivity index (χ0v) is 16.9. The predicted octanol–water partition coefficient (Wildman–Crippen LogP) is 3.11. The number of benzene rings is 2. The Labute approximate surface area is 167 Å². The zero-order chi connectivity index (χ0) is 20.4. The molecule has 0 heterocycles. The van der Waals surface area contributed by atoms with Gasteiger partial charge in [-0.1, -0.05) is 74.5 Å². The van der Waals surface area contributed by atoms with Crippen LogP contribution >= 0.6 is 0 Å². The highest BCUT2D eigenvalue weighted by atomic mass is 16.5. The van der Waals surface area contributed by atoms with Crippen LogP contribution in [0.25, 0.3) is 0 Å². The number of carbonyl (C=O) groups is 2. The fraction of sp³-hybridized carbons (Fsp3) is 0.391. The summed E-state index contributed by atoms with van der Waals surface area (Å²) in [6, 6.07) is 18.7. The summed E-state index contributed by atoms with van der Waals surface area (Å²) in [5.41, 5.74) is 1.79. The van der Waals surface area contributed by atoms with Crippen LogP contribution in [0.1, 0.15) is 37.3 Å². The first-order valence-corrected chi connectivity index (χ1v) is 9.71. The molecular weight excluding hydrogens is 352 g/mol. The summed E-state index contributed by atoms with van der Waals surface area (Å²) >= 11 is 0. The van der Waals surface area contributed by atoms with E-state index in [9.17, 15) is 9.59 Å². The molecule has 28 heavy (non-hydrogen) atoms. The average molecular weight is 383 g/mol. The highest BCUT2D eigenvalue weighted by molar-refractivity contribution is 5.92. The highest BCUT2D eigenvalue weighted by Crippen LogP contribution is 2.25. The van der Waals surface area contributed by atoms with Gasteiger partial charge in [-0.2, -0.15) is 0 Å². The molecule has 150 valence electrons. The summed E-state index contributed by atoms with van der Waals surface area (Å²) in [6.45, 7) is 4.97. The van der Waals surface area contributed by atoms with Crippen molar-refractivity contribution in [2.24, 2.45) is 5.92 Å². The minimum absolute atomic E-state index is 0.0291. The summed E-state index contributed by atoms with van der Waals surface area (Å²) in [5.74, 6) is -0.842. The lowest BCUT2D eigenvalue weighted by Crippen LogP contribution is -2.51. The zero-order valence-electron chi connectivity index (χ0n) is 16.9. The molecule has 0 bridgehead atoms. The largest absolute Gasteiger partial charge is 0.385 e. The van der Waals surface area contributed by atoms with Gasteiger partial charge in [-0.05, 0) is 23.5 Å². The second-order valence-electron chi connectivity index (χ2n) is 7.12. The Bertz CT molecular complexity index is 693. The number of ether oxygens (including phenoxy) is 1. The summed E-state index contributed by atoms with van der Waals surface area (Å²) in [7, 11) is 1.63. The van der Waals surface area contributed by atoms with Gasteiger partial charge in [0.1, 0.15) is 6.04 Å². The molecule has 0 unspecified atom stereocenters. The normalized spacial score (nSPS) is 12.0. The third kappa shape index (κ3) is 6.20. The Hall–Kier alpha value is -2.66. The first-order valence-electron chi connectivity index (χ1n) is 9.71. The van der Waals surface area contributed by atoms with Crippen LogP contribution in [0.3, 0.4) is 0 Å². The smallest absolute Gasteiger partial charge is 0.242 e. The molecule has 2 amide bonds. The molecule has 5 heteroatoms. The molecule has 5 nitrogen and oxygen atoms in total. The molecule has 0 spiro atoms. The maximum absolute atomic E-state index is 13.2. The standard InChI is InChI=1S/C23H30N2O3/c1-17(2)21(23(27)24-15-10-16-28-3)25-22(26)20(18-11-6-4-7-12-18)19-13-8-5-9-14-19/h4-9,11-14,17,20-21H,10,15-16H2,1-3H3,(H,24,27)(H,25,26)/t21-/m0/s1. The molecule has 2 aromatic carbocycles. The van der Waals surface area contributed by atoms with E-state index in [4.69, 9.17) is 4.74 Å². The Balaban J connectivity index is 2.17. The molecule has 0 aliphatic heterocycles. The number of hydrogen-bond donors (Lipinski definition) is 2. The molecule has 2 N–H and O–H groups in total. The predicted molar refractivity (Wildman–Crippen MR) is 111 cm³/mol. The lowest BCUT2D eigenvalue weighted by atomic mass is 9.89. The first kappa shape index (κ1) is 21.6. The number of hydrogen-bond acceptors (Lipinski definition) is 3. The van der Waals surface area contributed by atoms with Crippen molar-refractivity contribution < 1.29 is 14.3 Å². The topological polar surface area (TPSA) is 67.4 Å². The van der Waals surface area contributed by atoms with Gasteiger partial charge in [0.2, 0.25) is 11.8 Å². The van der Waals surface area contributed by atoms with Crippen LogP contribution in [0, 0.1) is 5.92 Å². The molecule has 2 rings (SSSR count). The molecule has 0 saturated heterocycles.